The summed E-state index contributed by atoms with van der Waals surface area (Å²) in [6, 6.07) is 6.72. The number of rotatable bonds is 6. The average Bonchev–Trinajstić information content (AvgIpc) is 2.90. The van der Waals surface area contributed by atoms with Crippen LogP contribution in [0.2, 0.25) is 5.02 Å². The topological polar surface area (TPSA) is 99.7 Å². The van der Waals surface area contributed by atoms with Gasteiger partial charge in [0.2, 0.25) is 0 Å². The molecule has 0 radical (unpaired) electrons. The van der Waals surface area contributed by atoms with Crippen LogP contribution in [0.25, 0.3) is 0 Å². The molecule has 3 N–H and O–H groups in total. The van der Waals surface area contributed by atoms with Gasteiger partial charge in [-0.3, -0.25) is 9.79 Å². The average molecular weight is 515 g/mol. The number of carbonyl (C=O) groups excluding carboxylic acids is 1. The van der Waals surface area contributed by atoms with Crippen LogP contribution in [-0.4, -0.2) is 57.5 Å². The minimum absolute atomic E-state index is 0. The van der Waals surface area contributed by atoms with Gasteiger partial charge in [-0.15, -0.1) is 24.0 Å². The standard InChI is InChI=1S/C16H23ClN4O3S.HI/c1-2-18-16(21-12-7-10-25(23,24)11-12)20-9-8-19-15(22)13-5-3-4-6-14(13)17;/h3-6,12H,2,7-11H2,1H3,(H,19,22)(H2,18,20,21);1H. The van der Waals surface area contributed by atoms with Gasteiger partial charge in [0, 0.05) is 19.1 Å². The molecule has 1 aromatic carbocycles. The van der Waals surface area contributed by atoms with Gasteiger partial charge in [0.1, 0.15) is 0 Å². The van der Waals surface area contributed by atoms with Gasteiger partial charge >= 0.3 is 0 Å². The molecule has 0 aliphatic carbocycles. The van der Waals surface area contributed by atoms with Crippen molar-refractivity contribution < 1.29 is 13.2 Å². The first-order valence-corrected chi connectivity index (χ1v) is 10.4. The van der Waals surface area contributed by atoms with E-state index < -0.39 is 9.84 Å². The summed E-state index contributed by atoms with van der Waals surface area (Å²) in [6.45, 7) is 3.31. The monoisotopic (exact) mass is 514 g/mol. The molecule has 0 spiro atoms. The van der Waals surface area contributed by atoms with Crippen molar-refractivity contribution >= 4 is 57.3 Å². The molecule has 1 aliphatic rings. The van der Waals surface area contributed by atoms with Crippen LogP contribution >= 0.6 is 35.6 Å². The molecule has 1 aromatic rings. The van der Waals surface area contributed by atoms with E-state index in [4.69, 9.17) is 11.6 Å². The summed E-state index contributed by atoms with van der Waals surface area (Å²) < 4.78 is 23.0. The van der Waals surface area contributed by atoms with Crippen LogP contribution in [0.4, 0.5) is 0 Å². The van der Waals surface area contributed by atoms with E-state index in [1.54, 1.807) is 24.3 Å². The maximum Gasteiger partial charge on any atom is 0.252 e. The number of nitrogens with zero attached hydrogens (tertiary/aromatic N) is 1. The van der Waals surface area contributed by atoms with Crippen molar-refractivity contribution in [2.75, 3.05) is 31.1 Å². The molecule has 26 heavy (non-hydrogen) atoms. The van der Waals surface area contributed by atoms with E-state index in [0.29, 0.717) is 42.6 Å². The number of guanidine groups is 1. The van der Waals surface area contributed by atoms with Crippen molar-refractivity contribution in [2.45, 2.75) is 19.4 Å². The molecule has 1 saturated heterocycles. The SMILES string of the molecule is CCNC(=NCCNC(=O)c1ccccc1Cl)NC1CCS(=O)(=O)C1.I. The predicted octanol–water partition coefficient (Wildman–Crippen LogP) is 1.43. The van der Waals surface area contributed by atoms with Crippen molar-refractivity contribution in [1.29, 1.82) is 0 Å². The number of amides is 1. The summed E-state index contributed by atoms with van der Waals surface area (Å²) in [5, 5.41) is 9.37. The Balaban J connectivity index is 0.00000338. The van der Waals surface area contributed by atoms with Gasteiger partial charge in [0.05, 0.1) is 28.6 Å². The van der Waals surface area contributed by atoms with Crippen molar-refractivity contribution in [1.82, 2.24) is 16.0 Å². The maximum absolute atomic E-state index is 12.0. The Morgan fingerprint density at radius 2 is 2.04 bits per heavy atom. The molecule has 0 saturated carbocycles. The van der Waals surface area contributed by atoms with Crippen LogP contribution < -0.4 is 16.0 Å². The van der Waals surface area contributed by atoms with Crippen molar-refractivity contribution in [3.8, 4) is 0 Å². The van der Waals surface area contributed by atoms with Crippen LogP contribution in [0.1, 0.15) is 23.7 Å². The first-order valence-electron chi connectivity index (χ1n) is 8.19. The predicted molar refractivity (Wildman–Crippen MR) is 115 cm³/mol. The second-order valence-electron chi connectivity index (χ2n) is 5.74. The number of hydrogen-bond donors (Lipinski definition) is 3. The molecule has 0 aromatic heterocycles. The Kier molecular flexibility index (Phi) is 9.66. The third-order valence-electron chi connectivity index (χ3n) is 3.70. The fraction of sp³-hybridized carbons (Fsp3) is 0.500. The van der Waals surface area contributed by atoms with Crippen molar-refractivity contribution in [2.24, 2.45) is 4.99 Å². The largest absolute Gasteiger partial charge is 0.357 e. The first kappa shape index (κ1) is 23.0. The van der Waals surface area contributed by atoms with E-state index in [0.717, 1.165) is 0 Å². The summed E-state index contributed by atoms with van der Waals surface area (Å²) in [6.07, 6.45) is 0.579. The lowest BCUT2D eigenvalue weighted by Gasteiger charge is -2.15. The Hall–Kier alpha value is -1.07. The molecule has 1 atom stereocenters. The zero-order chi connectivity index (χ0) is 18.3. The van der Waals surface area contributed by atoms with Crippen LogP contribution in [0.15, 0.2) is 29.3 Å². The molecule has 1 aliphatic heterocycles. The Morgan fingerprint density at radius 1 is 1.31 bits per heavy atom. The molecular weight excluding hydrogens is 491 g/mol. The number of halogens is 2. The van der Waals surface area contributed by atoms with Crippen molar-refractivity contribution in [3.63, 3.8) is 0 Å². The zero-order valence-electron chi connectivity index (χ0n) is 14.5. The van der Waals surface area contributed by atoms with E-state index in [2.05, 4.69) is 20.9 Å². The minimum Gasteiger partial charge on any atom is -0.357 e. The van der Waals surface area contributed by atoms with Gasteiger partial charge in [-0.1, -0.05) is 23.7 Å². The summed E-state index contributed by atoms with van der Waals surface area (Å²) >= 11 is 5.98. The normalized spacial score (nSPS) is 18.7. The quantitative estimate of drug-likeness (QED) is 0.231. The second-order valence-corrected chi connectivity index (χ2v) is 8.38. The number of carbonyl (C=O) groups is 1. The highest BCUT2D eigenvalue weighted by Gasteiger charge is 2.28. The van der Waals surface area contributed by atoms with Gasteiger partial charge in [-0.2, -0.15) is 0 Å². The highest BCUT2D eigenvalue weighted by atomic mass is 127. The van der Waals surface area contributed by atoms with Crippen LogP contribution in [0.5, 0.6) is 0 Å². The third-order valence-corrected chi connectivity index (χ3v) is 5.80. The molecule has 10 heteroatoms. The Morgan fingerprint density at radius 3 is 2.65 bits per heavy atom. The van der Waals surface area contributed by atoms with Gasteiger partial charge in [-0.05, 0) is 25.5 Å². The fourth-order valence-corrected chi connectivity index (χ4v) is 4.39. The lowest BCUT2D eigenvalue weighted by Crippen LogP contribution is -2.44. The summed E-state index contributed by atoms with van der Waals surface area (Å²) in [5.41, 5.74) is 0.425. The van der Waals surface area contributed by atoms with E-state index in [1.165, 1.54) is 0 Å². The number of hydrogen-bond acceptors (Lipinski definition) is 4. The van der Waals surface area contributed by atoms with Crippen LogP contribution in [0, 0.1) is 0 Å². The van der Waals surface area contributed by atoms with Gasteiger partial charge in [0.15, 0.2) is 15.8 Å². The zero-order valence-corrected chi connectivity index (χ0v) is 18.4. The second kappa shape index (κ2) is 10.9. The van der Waals surface area contributed by atoms with Gasteiger partial charge in [-0.25, -0.2) is 8.42 Å². The molecule has 1 unspecified atom stereocenters. The lowest BCUT2D eigenvalue weighted by atomic mass is 10.2. The molecule has 146 valence electrons. The first-order chi connectivity index (χ1) is 11.9. The summed E-state index contributed by atoms with van der Waals surface area (Å²) in [5.74, 6) is 0.635. The van der Waals surface area contributed by atoms with Crippen LogP contribution in [0.3, 0.4) is 0 Å². The third kappa shape index (κ3) is 7.28. The molecule has 0 bridgehead atoms. The van der Waals surface area contributed by atoms with E-state index in [1.807, 2.05) is 6.92 Å². The molecule has 1 amide bonds. The Bertz CT molecular complexity index is 743. The van der Waals surface area contributed by atoms with Gasteiger partial charge in [0.25, 0.3) is 5.91 Å². The smallest absolute Gasteiger partial charge is 0.252 e. The van der Waals surface area contributed by atoms with Crippen LogP contribution in [-0.2, 0) is 9.84 Å². The number of aliphatic imine (C=N–C) groups is 1. The lowest BCUT2D eigenvalue weighted by molar-refractivity contribution is 0.0955. The molecule has 1 fully saturated rings. The molecular formula is C16H24ClIN4O3S. The van der Waals surface area contributed by atoms with E-state index in [-0.39, 0.29) is 47.4 Å². The molecule has 7 nitrogen and oxygen atoms in total. The highest BCUT2D eigenvalue weighted by molar-refractivity contribution is 14.0. The molecule has 2 rings (SSSR count). The highest BCUT2D eigenvalue weighted by Crippen LogP contribution is 2.14. The maximum atomic E-state index is 12.0. The van der Waals surface area contributed by atoms with E-state index >= 15 is 0 Å². The summed E-state index contributed by atoms with van der Waals surface area (Å²) in [7, 11) is -2.94. The Labute approximate surface area is 176 Å². The summed E-state index contributed by atoms with van der Waals surface area (Å²) in [4.78, 5) is 16.4. The minimum atomic E-state index is -2.94. The number of benzene rings is 1. The number of nitrogens with one attached hydrogen (secondary N) is 3. The number of sulfone groups is 1. The molecule has 1 heterocycles. The van der Waals surface area contributed by atoms with Crippen molar-refractivity contribution in [3.05, 3.63) is 34.9 Å². The fourth-order valence-electron chi connectivity index (χ4n) is 2.50. The van der Waals surface area contributed by atoms with E-state index in [9.17, 15) is 13.2 Å². The van der Waals surface area contributed by atoms with Gasteiger partial charge < -0.3 is 16.0 Å².